The lowest BCUT2D eigenvalue weighted by Crippen LogP contribution is -2.36. The third-order valence-electron chi connectivity index (χ3n) is 4.89. The molecule has 1 N–H and O–H groups in total. The van der Waals surface area contributed by atoms with Crippen LogP contribution in [0, 0.1) is 0 Å². The molecule has 0 saturated heterocycles. The molecule has 2 aromatic carbocycles. The molecule has 4 rings (SSSR count). The smallest absolute Gasteiger partial charge is 0.353 e. The summed E-state index contributed by atoms with van der Waals surface area (Å²) in [6.45, 7) is 7.38. The molecule has 7 nitrogen and oxygen atoms in total. The molecule has 0 fully saturated rings. The summed E-state index contributed by atoms with van der Waals surface area (Å²) >= 11 is 1.56. The fraction of sp³-hybridized carbons (Fsp3) is 0.0909. The number of carbonyl (C=O) groups excluding carboxylic acids is 3. The van der Waals surface area contributed by atoms with Crippen LogP contribution in [0.25, 0.3) is 21.3 Å². The highest BCUT2D eigenvalue weighted by Gasteiger charge is 2.33. The molecule has 0 spiro atoms. The summed E-state index contributed by atoms with van der Waals surface area (Å²) in [6, 6.07) is 11.4. The number of benzene rings is 2. The highest BCUT2D eigenvalue weighted by Crippen LogP contribution is 2.35. The fourth-order valence-electron chi connectivity index (χ4n) is 3.35. The summed E-state index contributed by atoms with van der Waals surface area (Å²) < 4.78 is 5.59. The van der Waals surface area contributed by atoms with E-state index in [4.69, 9.17) is 0 Å². The molecule has 8 heteroatoms. The van der Waals surface area contributed by atoms with E-state index in [0.717, 1.165) is 26.9 Å². The molecule has 0 radical (unpaired) electrons. The highest BCUT2D eigenvalue weighted by molar-refractivity contribution is 7.16. The van der Waals surface area contributed by atoms with Crippen molar-refractivity contribution in [2.24, 2.45) is 0 Å². The summed E-state index contributed by atoms with van der Waals surface area (Å²) in [5.74, 6) is -1.80. The van der Waals surface area contributed by atoms with Crippen LogP contribution in [0.5, 0.6) is 0 Å². The Morgan fingerprint density at radius 3 is 2.73 bits per heavy atom. The lowest BCUT2D eigenvalue weighted by atomic mass is 9.97. The number of hydrogen-bond acceptors (Lipinski definition) is 6. The van der Waals surface area contributed by atoms with Gasteiger partial charge >= 0.3 is 5.97 Å². The summed E-state index contributed by atoms with van der Waals surface area (Å²) in [5, 5.41) is 2.31. The average molecular weight is 419 g/mol. The molecule has 150 valence electrons. The van der Waals surface area contributed by atoms with Gasteiger partial charge in [0.25, 0.3) is 11.8 Å². The molecule has 2 amide bonds. The Balaban J connectivity index is 1.62. The van der Waals surface area contributed by atoms with E-state index in [1.807, 2.05) is 30.3 Å². The van der Waals surface area contributed by atoms with Crippen molar-refractivity contribution in [3.8, 4) is 11.1 Å². The number of carbonyl (C=O) groups is 3. The number of fused-ring (bicyclic) bond motifs is 2. The second-order valence-electron chi connectivity index (χ2n) is 6.63. The highest BCUT2D eigenvalue weighted by atomic mass is 32.1. The van der Waals surface area contributed by atoms with Gasteiger partial charge in [0.15, 0.2) is 0 Å². The number of methoxy groups -OCH3 is 1. The maximum absolute atomic E-state index is 12.9. The number of amides is 2. The summed E-state index contributed by atoms with van der Waals surface area (Å²) in [7, 11) is 1.18. The Bertz CT molecular complexity index is 1240. The van der Waals surface area contributed by atoms with Crippen LogP contribution in [0.15, 0.2) is 66.5 Å². The van der Waals surface area contributed by atoms with Crippen LogP contribution in [0.4, 0.5) is 0 Å². The molecule has 1 aromatic heterocycles. The molecule has 30 heavy (non-hydrogen) atoms. The standard InChI is InChI=1S/C22H17N3O4S/c1-12(22(28)29-3)24-20(26)13(2)25-10-17-15(5-4-6-16(17)21(25)27)14-7-8-19-18(9-14)23-11-30-19/h4-9,11H,1-2,10H2,3H3,(H,24,26). The molecule has 0 bridgehead atoms. The van der Waals surface area contributed by atoms with E-state index >= 15 is 0 Å². The first-order valence-electron chi connectivity index (χ1n) is 8.95. The Hall–Kier alpha value is -3.78. The lowest BCUT2D eigenvalue weighted by molar-refractivity contribution is -0.137. The third kappa shape index (κ3) is 3.27. The average Bonchev–Trinajstić information content (AvgIpc) is 3.36. The quantitative estimate of drug-likeness (QED) is 0.507. The summed E-state index contributed by atoms with van der Waals surface area (Å²) in [5.41, 5.74) is 5.51. The predicted molar refractivity (Wildman–Crippen MR) is 113 cm³/mol. The minimum atomic E-state index is -0.771. The van der Waals surface area contributed by atoms with Gasteiger partial charge in [-0.2, -0.15) is 0 Å². The summed E-state index contributed by atoms with van der Waals surface area (Å²) in [6.07, 6.45) is 0. The largest absolute Gasteiger partial charge is 0.464 e. The van der Waals surface area contributed by atoms with Gasteiger partial charge in [0.05, 0.1) is 29.4 Å². The zero-order valence-electron chi connectivity index (χ0n) is 16.1. The molecule has 1 aliphatic heterocycles. The van der Waals surface area contributed by atoms with E-state index in [9.17, 15) is 14.4 Å². The maximum Gasteiger partial charge on any atom is 0.353 e. The van der Waals surface area contributed by atoms with Gasteiger partial charge in [0, 0.05) is 5.56 Å². The fourth-order valence-corrected chi connectivity index (χ4v) is 4.01. The topological polar surface area (TPSA) is 88.6 Å². The van der Waals surface area contributed by atoms with E-state index in [0.29, 0.717) is 5.56 Å². The number of hydrogen-bond donors (Lipinski definition) is 1. The number of nitrogens with one attached hydrogen (secondary N) is 1. The van der Waals surface area contributed by atoms with Gasteiger partial charge in [-0.25, -0.2) is 9.78 Å². The van der Waals surface area contributed by atoms with Crippen molar-refractivity contribution < 1.29 is 19.1 Å². The first-order chi connectivity index (χ1) is 14.4. The molecular weight excluding hydrogens is 402 g/mol. The first-order valence-corrected chi connectivity index (χ1v) is 9.83. The third-order valence-corrected chi connectivity index (χ3v) is 5.70. The first kappa shape index (κ1) is 19.5. The van der Waals surface area contributed by atoms with Gasteiger partial charge in [0.2, 0.25) is 0 Å². The molecule has 2 heterocycles. The van der Waals surface area contributed by atoms with Gasteiger partial charge < -0.3 is 10.1 Å². The zero-order chi connectivity index (χ0) is 21.4. The van der Waals surface area contributed by atoms with Crippen LogP contribution in [0.3, 0.4) is 0 Å². The normalized spacial score (nSPS) is 12.6. The van der Waals surface area contributed by atoms with Gasteiger partial charge in [-0.1, -0.05) is 31.4 Å². The van der Waals surface area contributed by atoms with Gasteiger partial charge in [-0.3, -0.25) is 14.5 Å². The van der Waals surface area contributed by atoms with E-state index in [2.05, 4.69) is 28.2 Å². The van der Waals surface area contributed by atoms with Crippen molar-refractivity contribution in [3.05, 3.63) is 77.6 Å². The van der Waals surface area contributed by atoms with E-state index in [1.54, 1.807) is 22.9 Å². The van der Waals surface area contributed by atoms with Crippen LogP contribution in [-0.4, -0.2) is 34.8 Å². The van der Waals surface area contributed by atoms with Gasteiger partial charge in [-0.15, -0.1) is 11.3 Å². The number of esters is 1. The van der Waals surface area contributed by atoms with Crippen LogP contribution in [0.1, 0.15) is 15.9 Å². The molecule has 0 unspecified atom stereocenters. The van der Waals surface area contributed by atoms with E-state index in [-0.39, 0.29) is 23.8 Å². The number of ether oxygens (including phenoxy) is 1. The lowest BCUT2D eigenvalue weighted by Gasteiger charge is -2.18. The molecule has 0 saturated carbocycles. The molecular formula is C22H17N3O4S. The Morgan fingerprint density at radius 1 is 1.20 bits per heavy atom. The number of thiazole rings is 1. The van der Waals surface area contributed by atoms with Crippen LogP contribution >= 0.6 is 11.3 Å². The zero-order valence-corrected chi connectivity index (χ0v) is 16.9. The number of aromatic nitrogens is 1. The molecule has 0 atom stereocenters. The van der Waals surface area contributed by atoms with Crippen molar-refractivity contribution >= 4 is 39.3 Å². The maximum atomic E-state index is 12.9. The number of nitrogens with zero attached hydrogens (tertiary/aromatic N) is 2. The minimum Gasteiger partial charge on any atom is -0.464 e. The number of rotatable bonds is 5. The van der Waals surface area contributed by atoms with Crippen molar-refractivity contribution in [3.63, 3.8) is 0 Å². The van der Waals surface area contributed by atoms with Gasteiger partial charge in [-0.05, 0) is 34.9 Å². The Kier molecular flexibility index (Phi) is 4.93. The Labute approximate surface area is 176 Å². The SMILES string of the molecule is C=C(NC(=O)C(=C)N1Cc2c(cccc2-c2ccc3scnc3c2)C1=O)C(=O)OC. The second-order valence-corrected chi connectivity index (χ2v) is 7.52. The predicted octanol–water partition coefficient (Wildman–Crippen LogP) is 3.24. The van der Waals surface area contributed by atoms with Gasteiger partial charge in [0.1, 0.15) is 11.4 Å². The van der Waals surface area contributed by atoms with Crippen molar-refractivity contribution in [1.29, 1.82) is 0 Å². The van der Waals surface area contributed by atoms with Crippen LogP contribution in [-0.2, 0) is 20.9 Å². The second kappa shape index (κ2) is 7.57. The monoisotopic (exact) mass is 419 g/mol. The molecule has 1 aliphatic rings. The van der Waals surface area contributed by atoms with Crippen molar-refractivity contribution in [1.82, 2.24) is 15.2 Å². The Morgan fingerprint density at radius 2 is 1.97 bits per heavy atom. The van der Waals surface area contributed by atoms with Crippen molar-refractivity contribution in [2.45, 2.75) is 6.54 Å². The van der Waals surface area contributed by atoms with E-state index in [1.165, 1.54) is 12.0 Å². The summed E-state index contributed by atoms with van der Waals surface area (Å²) in [4.78, 5) is 42.5. The minimum absolute atomic E-state index is 0.0813. The van der Waals surface area contributed by atoms with Crippen molar-refractivity contribution in [2.75, 3.05) is 7.11 Å². The molecule has 0 aliphatic carbocycles. The molecule has 3 aromatic rings. The van der Waals surface area contributed by atoms with E-state index < -0.39 is 11.9 Å². The van der Waals surface area contributed by atoms with Crippen LogP contribution in [0.2, 0.25) is 0 Å². The van der Waals surface area contributed by atoms with Crippen LogP contribution < -0.4 is 5.32 Å².